The van der Waals surface area contributed by atoms with Crippen molar-refractivity contribution in [3.63, 3.8) is 0 Å². The van der Waals surface area contributed by atoms with Crippen LogP contribution in [-0.2, 0) is 28.2 Å². The second kappa shape index (κ2) is 9.52. The first-order valence-electron chi connectivity index (χ1n) is 9.88. The minimum atomic E-state index is -0.255. The van der Waals surface area contributed by atoms with Crippen molar-refractivity contribution in [2.24, 2.45) is 0 Å². The third kappa shape index (κ3) is 4.73. The highest BCUT2D eigenvalue weighted by molar-refractivity contribution is 8.14. The molecule has 1 fully saturated rings. The number of rotatable bonds is 8. The van der Waals surface area contributed by atoms with E-state index in [2.05, 4.69) is 15.3 Å². The maximum atomic E-state index is 12.5. The Bertz CT molecular complexity index is 1030. The van der Waals surface area contributed by atoms with Crippen LogP contribution in [0.3, 0.4) is 0 Å². The van der Waals surface area contributed by atoms with Gasteiger partial charge in [0.15, 0.2) is 0 Å². The summed E-state index contributed by atoms with van der Waals surface area (Å²) in [6, 6.07) is 0. The Kier molecular flexibility index (Phi) is 6.79. The van der Waals surface area contributed by atoms with Crippen molar-refractivity contribution in [3.05, 3.63) is 26.6 Å². The molecule has 1 saturated heterocycles. The van der Waals surface area contributed by atoms with Gasteiger partial charge in [0.2, 0.25) is 11.8 Å². The third-order valence-electron chi connectivity index (χ3n) is 5.08. The Balaban J connectivity index is 1.22. The molecule has 160 valence electrons. The highest BCUT2D eigenvalue weighted by Crippen LogP contribution is 2.33. The number of amides is 3. The Labute approximate surface area is 185 Å². The lowest BCUT2D eigenvalue weighted by Crippen LogP contribution is -2.37. The molecule has 0 saturated carbocycles. The molecule has 0 aromatic carbocycles. The van der Waals surface area contributed by atoms with Crippen molar-refractivity contribution in [1.82, 2.24) is 20.2 Å². The maximum Gasteiger partial charge on any atom is 0.288 e. The number of fused-ring (bicyclic) bond motifs is 3. The number of imide groups is 1. The van der Waals surface area contributed by atoms with E-state index in [1.54, 1.807) is 11.3 Å². The van der Waals surface area contributed by atoms with Gasteiger partial charge in [-0.25, -0.2) is 4.98 Å². The molecule has 2 aliphatic rings. The average Bonchev–Trinajstić information content (AvgIpc) is 3.25. The summed E-state index contributed by atoms with van der Waals surface area (Å²) >= 11 is 4.16. The number of aromatic amines is 1. The fraction of sp³-hybridized carbons (Fsp3) is 0.526. The molecule has 11 heteroatoms. The summed E-state index contributed by atoms with van der Waals surface area (Å²) in [6.07, 6.45) is 4.62. The van der Waals surface area contributed by atoms with Gasteiger partial charge in [0, 0.05) is 30.1 Å². The Morgan fingerprint density at radius 2 is 2.07 bits per heavy atom. The predicted molar refractivity (Wildman–Crippen MR) is 120 cm³/mol. The summed E-state index contributed by atoms with van der Waals surface area (Å²) in [5, 5.41) is 3.24. The Morgan fingerprint density at radius 3 is 2.87 bits per heavy atom. The van der Waals surface area contributed by atoms with E-state index < -0.39 is 0 Å². The quantitative estimate of drug-likeness (QED) is 0.574. The van der Waals surface area contributed by atoms with Crippen LogP contribution in [0.5, 0.6) is 0 Å². The monoisotopic (exact) mass is 466 g/mol. The van der Waals surface area contributed by atoms with E-state index in [0.29, 0.717) is 23.8 Å². The van der Waals surface area contributed by atoms with E-state index in [1.165, 1.54) is 33.5 Å². The topological polar surface area (TPSA) is 112 Å². The van der Waals surface area contributed by atoms with Gasteiger partial charge >= 0.3 is 0 Å². The molecule has 0 unspecified atom stereocenters. The molecule has 30 heavy (non-hydrogen) atoms. The van der Waals surface area contributed by atoms with Gasteiger partial charge < -0.3 is 10.3 Å². The summed E-state index contributed by atoms with van der Waals surface area (Å²) in [5.41, 5.74) is 1.12. The van der Waals surface area contributed by atoms with Gasteiger partial charge in [-0.3, -0.25) is 24.1 Å². The first kappa shape index (κ1) is 21.4. The SMILES string of the molecule is O=C(CCSCc1nc2sc3c(c2c(=O)[nH]1)CCCC3)NCCN1C(=O)CSC1=O. The van der Waals surface area contributed by atoms with Crippen LogP contribution in [0.2, 0.25) is 0 Å². The van der Waals surface area contributed by atoms with Gasteiger partial charge in [0.05, 0.1) is 16.9 Å². The van der Waals surface area contributed by atoms with E-state index >= 15 is 0 Å². The molecule has 2 aromatic rings. The lowest BCUT2D eigenvalue weighted by molar-refractivity contribution is -0.125. The van der Waals surface area contributed by atoms with E-state index in [4.69, 9.17) is 0 Å². The third-order valence-corrected chi connectivity index (χ3v) is 8.10. The molecule has 2 aromatic heterocycles. The number of carbonyl (C=O) groups is 3. The van der Waals surface area contributed by atoms with Gasteiger partial charge in [0.25, 0.3) is 10.8 Å². The highest BCUT2D eigenvalue weighted by atomic mass is 32.2. The van der Waals surface area contributed by atoms with Gasteiger partial charge in [-0.1, -0.05) is 11.8 Å². The van der Waals surface area contributed by atoms with Crippen molar-refractivity contribution in [2.45, 2.75) is 37.9 Å². The summed E-state index contributed by atoms with van der Waals surface area (Å²) in [7, 11) is 0. The molecule has 1 aliphatic heterocycles. The molecule has 2 N–H and O–H groups in total. The predicted octanol–water partition coefficient (Wildman–Crippen LogP) is 2.30. The molecule has 8 nitrogen and oxygen atoms in total. The molecule has 1 aliphatic carbocycles. The van der Waals surface area contributed by atoms with E-state index in [0.717, 1.165) is 41.2 Å². The number of nitrogens with zero attached hydrogens (tertiary/aromatic N) is 2. The molecule has 3 heterocycles. The number of aromatic nitrogens is 2. The van der Waals surface area contributed by atoms with Gasteiger partial charge in [-0.2, -0.15) is 11.8 Å². The number of thioether (sulfide) groups is 2. The molecule has 3 amide bonds. The summed E-state index contributed by atoms with van der Waals surface area (Å²) in [5.74, 6) is 1.61. The number of carbonyl (C=O) groups excluding carboxylic acids is 3. The normalized spacial score (nSPS) is 16.3. The first-order valence-corrected chi connectivity index (χ1v) is 12.8. The average molecular weight is 467 g/mol. The number of H-pyrrole nitrogens is 1. The van der Waals surface area contributed by atoms with Crippen LogP contribution < -0.4 is 10.9 Å². The number of aryl methyl sites for hydroxylation is 2. The van der Waals surface area contributed by atoms with Crippen LogP contribution in [0.1, 0.15) is 35.5 Å². The largest absolute Gasteiger partial charge is 0.354 e. The van der Waals surface area contributed by atoms with E-state index in [9.17, 15) is 19.2 Å². The van der Waals surface area contributed by atoms with Crippen LogP contribution in [-0.4, -0.2) is 56.5 Å². The zero-order valence-electron chi connectivity index (χ0n) is 16.3. The highest BCUT2D eigenvalue weighted by Gasteiger charge is 2.29. The lowest BCUT2D eigenvalue weighted by Gasteiger charge is -2.13. The van der Waals surface area contributed by atoms with Gasteiger partial charge in [-0.15, -0.1) is 11.3 Å². The molecular weight excluding hydrogens is 444 g/mol. The molecule has 0 atom stereocenters. The van der Waals surface area contributed by atoms with Crippen molar-refractivity contribution in [2.75, 3.05) is 24.6 Å². The fourth-order valence-corrected chi connectivity index (χ4v) is 6.44. The maximum absolute atomic E-state index is 12.5. The van der Waals surface area contributed by atoms with Crippen LogP contribution in [0.4, 0.5) is 4.79 Å². The van der Waals surface area contributed by atoms with Crippen molar-refractivity contribution >= 4 is 62.1 Å². The van der Waals surface area contributed by atoms with Gasteiger partial charge in [0.1, 0.15) is 10.7 Å². The standard InChI is InChI=1S/C19H22N4O4S3/c24-14(20-6-7-23-15(25)10-29-19(23)27)5-8-28-9-13-21-17(26)16-11-3-1-2-4-12(11)30-18(16)22-13/h1-10H2,(H,20,24)(H,21,22,26). The van der Waals surface area contributed by atoms with Crippen LogP contribution in [0.15, 0.2) is 4.79 Å². The van der Waals surface area contributed by atoms with Gasteiger partial charge in [-0.05, 0) is 31.2 Å². The van der Waals surface area contributed by atoms with Crippen molar-refractivity contribution in [1.29, 1.82) is 0 Å². The number of nitrogens with one attached hydrogen (secondary N) is 2. The summed E-state index contributed by atoms with van der Waals surface area (Å²) < 4.78 is 0. The minimum absolute atomic E-state index is 0.0584. The summed E-state index contributed by atoms with van der Waals surface area (Å²) in [4.78, 5) is 58.3. The van der Waals surface area contributed by atoms with E-state index in [1.807, 2.05) is 0 Å². The fourth-order valence-electron chi connectivity index (χ4n) is 3.60. The zero-order valence-corrected chi connectivity index (χ0v) is 18.8. The second-order valence-electron chi connectivity index (χ2n) is 7.16. The van der Waals surface area contributed by atoms with Crippen LogP contribution in [0.25, 0.3) is 10.2 Å². The number of thiophene rings is 1. The molecular formula is C19H22N4O4S3. The van der Waals surface area contributed by atoms with Crippen LogP contribution in [0, 0.1) is 0 Å². The lowest BCUT2D eigenvalue weighted by atomic mass is 9.97. The molecule has 0 radical (unpaired) electrons. The number of hydrogen-bond donors (Lipinski definition) is 2. The number of hydrogen-bond acceptors (Lipinski definition) is 8. The Hall–Kier alpha value is -1.85. The minimum Gasteiger partial charge on any atom is -0.354 e. The zero-order chi connectivity index (χ0) is 21.1. The smallest absolute Gasteiger partial charge is 0.288 e. The first-order chi connectivity index (χ1) is 14.5. The Morgan fingerprint density at radius 1 is 1.23 bits per heavy atom. The summed E-state index contributed by atoms with van der Waals surface area (Å²) in [6.45, 7) is 0.468. The van der Waals surface area contributed by atoms with Crippen molar-refractivity contribution < 1.29 is 14.4 Å². The van der Waals surface area contributed by atoms with Crippen molar-refractivity contribution in [3.8, 4) is 0 Å². The molecule has 4 rings (SSSR count). The van der Waals surface area contributed by atoms with E-state index in [-0.39, 0.29) is 41.5 Å². The molecule has 0 bridgehead atoms. The molecule has 0 spiro atoms. The second-order valence-corrected chi connectivity index (χ2v) is 10.3. The van der Waals surface area contributed by atoms with Crippen LogP contribution >= 0.6 is 34.9 Å².